The van der Waals surface area contributed by atoms with Crippen molar-refractivity contribution in [3.05, 3.63) is 16.7 Å². The zero-order chi connectivity index (χ0) is 13.9. The average Bonchev–Trinajstić information content (AvgIpc) is 3.09. The van der Waals surface area contributed by atoms with E-state index in [1.165, 1.54) is 12.0 Å². The number of phenols is 1. The van der Waals surface area contributed by atoms with Crippen LogP contribution in [0.1, 0.15) is 49.4 Å². The highest BCUT2D eigenvalue weighted by Crippen LogP contribution is 2.53. The molecule has 1 aromatic rings. The first-order valence-corrected chi connectivity index (χ1v) is 7.62. The molecule has 0 radical (unpaired) electrons. The molecular weight excluding hydrogens is 254 g/mol. The number of ether oxygens (including phenoxy) is 2. The number of nitrogens with one attached hydrogen (secondary N) is 1. The molecule has 0 amide bonds. The van der Waals surface area contributed by atoms with Gasteiger partial charge in [-0.1, -0.05) is 0 Å². The lowest BCUT2D eigenvalue weighted by atomic mass is 9.91. The number of aromatic hydroxyl groups is 1. The Morgan fingerprint density at radius 3 is 2.45 bits per heavy atom. The van der Waals surface area contributed by atoms with Gasteiger partial charge in [-0.2, -0.15) is 0 Å². The normalized spacial score (nSPS) is 30.8. The molecule has 1 fully saturated rings. The Morgan fingerprint density at radius 2 is 1.75 bits per heavy atom. The second-order valence-corrected chi connectivity index (χ2v) is 6.29. The molecule has 0 bridgehead atoms. The van der Waals surface area contributed by atoms with E-state index in [0.717, 1.165) is 42.7 Å². The van der Waals surface area contributed by atoms with Gasteiger partial charge in [0.2, 0.25) is 0 Å². The van der Waals surface area contributed by atoms with Crippen LogP contribution in [-0.2, 0) is 12.8 Å². The molecule has 0 aromatic heterocycles. The predicted molar refractivity (Wildman–Crippen MR) is 75.7 cm³/mol. The minimum Gasteiger partial charge on any atom is -0.504 e. The van der Waals surface area contributed by atoms with Gasteiger partial charge in [0.25, 0.3) is 0 Å². The van der Waals surface area contributed by atoms with E-state index in [2.05, 4.69) is 19.2 Å². The van der Waals surface area contributed by atoms with E-state index in [4.69, 9.17) is 9.47 Å². The van der Waals surface area contributed by atoms with Crippen LogP contribution >= 0.6 is 0 Å². The van der Waals surface area contributed by atoms with Crippen molar-refractivity contribution in [3.63, 3.8) is 0 Å². The number of hydrogen-bond acceptors (Lipinski definition) is 4. The smallest absolute Gasteiger partial charge is 0.165 e. The highest BCUT2D eigenvalue weighted by molar-refractivity contribution is 5.66. The molecule has 3 aliphatic heterocycles. The third-order valence-corrected chi connectivity index (χ3v) is 4.65. The van der Waals surface area contributed by atoms with Crippen molar-refractivity contribution in [1.82, 2.24) is 5.32 Å². The SMILES string of the molecule is CC1Cc2c(c(O)c3c(c2C2CCCN2)OC(C)C3)O1. The van der Waals surface area contributed by atoms with E-state index < -0.39 is 0 Å². The van der Waals surface area contributed by atoms with Crippen molar-refractivity contribution in [2.75, 3.05) is 6.54 Å². The third-order valence-electron chi connectivity index (χ3n) is 4.65. The van der Waals surface area contributed by atoms with Crippen molar-refractivity contribution in [3.8, 4) is 17.2 Å². The summed E-state index contributed by atoms with van der Waals surface area (Å²) in [5, 5.41) is 14.1. The van der Waals surface area contributed by atoms with Crippen LogP contribution in [0.3, 0.4) is 0 Å². The second-order valence-electron chi connectivity index (χ2n) is 6.29. The van der Waals surface area contributed by atoms with Gasteiger partial charge in [-0.3, -0.25) is 0 Å². The molecule has 1 aromatic carbocycles. The van der Waals surface area contributed by atoms with Gasteiger partial charge in [-0.15, -0.1) is 0 Å². The molecule has 0 aliphatic carbocycles. The summed E-state index contributed by atoms with van der Waals surface area (Å²) in [5.41, 5.74) is 3.34. The van der Waals surface area contributed by atoms with Crippen molar-refractivity contribution in [1.29, 1.82) is 0 Å². The number of rotatable bonds is 1. The van der Waals surface area contributed by atoms with Crippen LogP contribution in [0.2, 0.25) is 0 Å². The Morgan fingerprint density at radius 1 is 1.05 bits per heavy atom. The van der Waals surface area contributed by atoms with E-state index in [1.807, 2.05) is 0 Å². The van der Waals surface area contributed by atoms with Crippen molar-refractivity contribution in [2.24, 2.45) is 0 Å². The summed E-state index contributed by atoms with van der Waals surface area (Å²) < 4.78 is 11.9. The summed E-state index contributed by atoms with van der Waals surface area (Å²) in [6, 6.07) is 0.345. The Kier molecular flexibility index (Phi) is 2.64. The van der Waals surface area contributed by atoms with Gasteiger partial charge in [0.05, 0.1) is 0 Å². The number of phenolic OH excluding ortho intramolecular Hbond substituents is 1. The topological polar surface area (TPSA) is 50.7 Å². The summed E-state index contributed by atoms with van der Waals surface area (Å²) in [7, 11) is 0. The van der Waals surface area contributed by atoms with E-state index in [-0.39, 0.29) is 12.2 Å². The van der Waals surface area contributed by atoms with Crippen LogP contribution in [-0.4, -0.2) is 23.9 Å². The van der Waals surface area contributed by atoms with Crippen molar-refractivity contribution in [2.45, 2.75) is 57.8 Å². The van der Waals surface area contributed by atoms with Crippen LogP contribution in [0.15, 0.2) is 0 Å². The first kappa shape index (κ1) is 12.3. The molecule has 3 aliphatic rings. The van der Waals surface area contributed by atoms with Crippen LogP contribution in [0.4, 0.5) is 0 Å². The molecule has 108 valence electrons. The van der Waals surface area contributed by atoms with Gasteiger partial charge in [-0.25, -0.2) is 0 Å². The van der Waals surface area contributed by atoms with Crippen LogP contribution in [0, 0.1) is 0 Å². The summed E-state index contributed by atoms with van der Waals surface area (Å²) in [6.45, 7) is 5.17. The average molecular weight is 275 g/mol. The maximum atomic E-state index is 10.5. The predicted octanol–water partition coefficient (Wildman–Crippen LogP) is 2.46. The summed E-state index contributed by atoms with van der Waals surface area (Å²) in [6.07, 6.45) is 4.23. The summed E-state index contributed by atoms with van der Waals surface area (Å²) in [5.74, 6) is 1.94. The molecule has 0 saturated carbocycles. The fourth-order valence-corrected chi connectivity index (χ4v) is 3.82. The van der Waals surface area contributed by atoms with E-state index in [0.29, 0.717) is 17.5 Å². The molecule has 0 spiro atoms. The number of hydrogen-bond donors (Lipinski definition) is 2. The van der Waals surface area contributed by atoms with Crippen molar-refractivity contribution < 1.29 is 14.6 Å². The Labute approximate surface area is 119 Å². The number of benzene rings is 1. The van der Waals surface area contributed by atoms with Crippen LogP contribution < -0.4 is 14.8 Å². The lowest BCUT2D eigenvalue weighted by molar-refractivity contribution is 0.244. The zero-order valence-corrected chi connectivity index (χ0v) is 12.0. The molecule has 4 nitrogen and oxygen atoms in total. The molecule has 4 heteroatoms. The highest BCUT2D eigenvalue weighted by Gasteiger charge is 2.38. The standard InChI is InChI=1S/C16H21NO3/c1-8-6-10-13(12-4-3-5-17-12)15-11(7-9(2)19-15)14(18)16(10)20-8/h8-9,12,17-18H,3-7H2,1-2H3. The van der Waals surface area contributed by atoms with Gasteiger partial charge in [-0.05, 0) is 33.2 Å². The van der Waals surface area contributed by atoms with Gasteiger partial charge in [0.15, 0.2) is 11.5 Å². The monoisotopic (exact) mass is 275 g/mol. The Hall–Kier alpha value is -1.42. The lowest BCUT2D eigenvalue weighted by Gasteiger charge is -2.19. The number of fused-ring (bicyclic) bond motifs is 2. The van der Waals surface area contributed by atoms with Crippen molar-refractivity contribution >= 4 is 0 Å². The molecule has 3 atom stereocenters. The Bertz CT molecular complexity index is 524. The quantitative estimate of drug-likeness (QED) is 0.826. The van der Waals surface area contributed by atoms with Gasteiger partial charge < -0.3 is 19.9 Å². The maximum Gasteiger partial charge on any atom is 0.165 e. The minimum atomic E-state index is 0.135. The van der Waals surface area contributed by atoms with E-state index in [9.17, 15) is 5.11 Å². The zero-order valence-electron chi connectivity index (χ0n) is 12.0. The van der Waals surface area contributed by atoms with Gasteiger partial charge in [0, 0.05) is 35.6 Å². The molecule has 20 heavy (non-hydrogen) atoms. The molecule has 4 rings (SSSR count). The highest BCUT2D eigenvalue weighted by atomic mass is 16.5. The first-order valence-electron chi connectivity index (χ1n) is 7.62. The van der Waals surface area contributed by atoms with E-state index >= 15 is 0 Å². The van der Waals surface area contributed by atoms with Crippen LogP contribution in [0.5, 0.6) is 17.2 Å². The fraction of sp³-hybridized carbons (Fsp3) is 0.625. The lowest BCUT2D eigenvalue weighted by Crippen LogP contribution is -2.16. The van der Waals surface area contributed by atoms with E-state index in [1.54, 1.807) is 0 Å². The third kappa shape index (κ3) is 1.64. The van der Waals surface area contributed by atoms with Gasteiger partial charge in [0.1, 0.15) is 18.0 Å². The molecular formula is C16H21NO3. The molecule has 3 unspecified atom stereocenters. The largest absolute Gasteiger partial charge is 0.504 e. The fourth-order valence-electron chi connectivity index (χ4n) is 3.82. The molecule has 2 N–H and O–H groups in total. The van der Waals surface area contributed by atoms with Gasteiger partial charge >= 0.3 is 0 Å². The summed E-state index contributed by atoms with van der Waals surface area (Å²) in [4.78, 5) is 0. The molecule has 3 heterocycles. The van der Waals surface area contributed by atoms with Crippen LogP contribution in [0.25, 0.3) is 0 Å². The minimum absolute atomic E-state index is 0.135. The second kappa shape index (κ2) is 4.29. The first-order chi connectivity index (χ1) is 9.65. The summed E-state index contributed by atoms with van der Waals surface area (Å²) >= 11 is 0. The maximum absolute atomic E-state index is 10.5. The Balaban J connectivity index is 1.92. The molecule has 1 saturated heterocycles.